The number of carbonyl (C=O) groups is 3. The van der Waals surface area contributed by atoms with Crippen LogP contribution in [0.15, 0.2) is 38.0 Å². The average molecular weight is 373 g/mol. The quantitative estimate of drug-likeness (QED) is 0.323. The number of phenolic OH excluding ortho intramolecular Hbond substituents is 2. The van der Waals surface area contributed by atoms with Gasteiger partial charge in [-0.25, -0.2) is 0 Å². The summed E-state index contributed by atoms with van der Waals surface area (Å²) in [5.74, 6) is -1.76. The zero-order valence-corrected chi connectivity index (χ0v) is 15.1. The van der Waals surface area contributed by atoms with Crippen molar-refractivity contribution < 1.29 is 24.6 Å². The zero-order valence-electron chi connectivity index (χ0n) is 15.1. The molecule has 5 N–H and O–H groups in total. The van der Waals surface area contributed by atoms with E-state index in [1.54, 1.807) is 6.92 Å². The number of rotatable bonds is 9. The van der Waals surface area contributed by atoms with Gasteiger partial charge < -0.3 is 26.2 Å². The Bertz CT molecular complexity index is 799. The minimum atomic E-state index is -0.475. The van der Waals surface area contributed by atoms with Crippen LogP contribution < -0.4 is 16.0 Å². The van der Waals surface area contributed by atoms with Crippen LogP contribution in [-0.4, -0.2) is 27.9 Å². The van der Waals surface area contributed by atoms with E-state index in [4.69, 9.17) is 0 Å². The minimum absolute atomic E-state index is 0.0578. The lowest BCUT2D eigenvalue weighted by Gasteiger charge is -2.20. The number of aromatic hydroxyl groups is 2. The van der Waals surface area contributed by atoms with E-state index in [0.717, 1.165) is 18.2 Å². The summed E-state index contributed by atoms with van der Waals surface area (Å²) in [6, 6.07) is 0. The predicted octanol–water partition coefficient (Wildman–Crippen LogP) is 0.813. The molecule has 0 bridgehead atoms. The summed E-state index contributed by atoms with van der Waals surface area (Å²) in [7, 11) is 0. The summed E-state index contributed by atoms with van der Waals surface area (Å²) in [5.41, 5.74) is 1.06. The molecule has 1 aromatic carbocycles. The Morgan fingerprint density at radius 1 is 0.741 bits per heavy atom. The normalized spacial score (nSPS) is 9.81. The Kier molecular flexibility index (Phi) is 7.81. The highest BCUT2D eigenvalue weighted by molar-refractivity contribution is 5.88. The highest BCUT2D eigenvalue weighted by Crippen LogP contribution is 2.37. The molecule has 0 aliphatic heterocycles. The van der Waals surface area contributed by atoms with Gasteiger partial charge in [-0.3, -0.25) is 14.4 Å². The molecule has 0 aliphatic rings. The maximum absolute atomic E-state index is 11.5. The summed E-state index contributed by atoms with van der Waals surface area (Å²) in [5, 5.41) is 28.8. The van der Waals surface area contributed by atoms with Crippen LogP contribution in [0.2, 0.25) is 0 Å². The van der Waals surface area contributed by atoms with Crippen LogP contribution in [-0.2, 0) is 34.0 Å². The van der Waals surface area contributed by atoms with Crippen LogP contribution in [0.25, 0.3) is 0 Å². The number of hydrogen-bond acceptors (Lipinski definition) is 5. The van der Waals surface area contributed by atoms with Gasteiger partial charge in [0.25, 0.3) is 0 Å². The van der Waals surface area contributed by atoms with Gasteiger partial charge in [0.2, 0.25) is 17.7 Å². The fraction of sp³-hybridized carbons (Fsp3) is 0.211. The van der Waals surface area contributed by atoms with Crippen molar-refractivity contribution in [3.05, 3.63) is 60.2 Å². The first-order valence-electron chi connectivity index (χ1n) is 8.02. The summed E-state index contributed by atoms with van der Waals surface area (Å²) in [6.45, 7) is 11.3. The van der Waals surface area contributed by atoms with E-state index in [1.165, 1.54) is 0 Å². The average Bonchev–Trinajstić information content (AvgIpc) is 2.67. The SMILES string of the molecule is C=CC(=O)NCc1c(C)c(O)c(CNC(=O)C=C)c(CNC(=O)C=C)c1O. The second-order valence-corrected chi connectivity index (χ2v) is 5.52. The molecular formula is C19H23N3O5. The molecule has 144 valence electrons. The van der Waals surface area contributed by atoms with Gasteiger partial charge in [0.15, 0.2) is 0 Å². The molecule has 0 unspecified atom stereocenters. The lowest BCUT2D eigenvalue weighted by molar-refractivity contribution is -0.117. The van der Waals surface area contributed by atoms with Crippen LogP contribution in [0.5, 0.6) is 11.5 Å². The van der Waals surface area contributed by atoms with E-state index < -0.39 is 17.7 Å². The zero-order chi connectivity index (χ0) is 20.6. The van der Waals surface area contributed by atoms with Crippen molar-refractivity contribution in [2.24, 2.45) is 0 Å². The molecule has 1 aromatic rings. The smallest absolute Gasteiger partial charge is 0.243 e. The maximum atomic E-state index is 11.5. The van der Waals surface area contributed by atoms with Crippen molar-refractivity contribution in [1.82, 2.24) is 16.0 Å². The number of benzene rings is 1. The molecule has 3 amide bonds. The molecule has 0 atom stereocenters. The number of phenols is 2. The van der Waals surface area contributed by atoms with Crippen molar-refractivity contribution in [2.75, 3.05) is 0 Å². The van der Waals surface area contributed by atoms with E-state index in [-0.39, 0.29) is 47.8 Å². The molecule has 0 radical (unpaired) electrons. The van der Waals surface area contributed by atoms with Crippen molar-refractivity contribution >= 4 is 17.7 Å². The van der Waals surface area contributed by atoms with Crippen molar-refractivity contribution in [3.63, 3.8) is 0 Å². The summed E-state index contributed by atoms with van der Waals surface area (Å²) >= 11 is 0. The fourth-order valence-electron chi connectivity index (χ4n) is 2.36. The summed E-state index contributed by atoms with van der Waals surface area (Å²) in [4.78, 5) is 34.4. The number of hydrogen-bond donors (Lipinski definition) is 5. The highest BCUT2D eigenvalue weighted by atomic mass is 16.3. The second kappa shape index (κ2) is 9.81. The first-order valence-corrected chi connectivity index (χ1v) is 8.02. The van der Waals surface area contributed by atoms with E-state index in [1.807, 2.05) is 0 Å². The third kappa shape index (κ3) is 5.46. The Hall–Kier alpha value is -3.55. The van der Waals surface area contributed by atoms with Gasteiger partial charge in [0, 0.05) is 36.3 Å². The largest absolute Gasteiger partial charge is 0.507 e. The minimum Gasteiger partial charge on any atom is -0.507 e. The van der Waals surface area contributed by atoms with E-state index in [2.05, 4.69) is 35.7 Å². The van der Waals surface area contributed by atoms with Crippen LogP contribution in [0, 0.1) is 6.92 Å². The molecule has 0 saturated carbocycles. The fourth-order valence-corrected chi connectivity index (χ4v) is 2.36. The Labute approximate surface area is 157 Å². The van der Waals surface area contributed by atoms with Gasteiger partial charge in [-0.05, 0) is 30.7 Å². The third-order valence-electron chi connectivity index (χ3n) is 3.90. The number of carbonyl (C=O) groups excluding carboxylic acids is 3. The first kappa shape index (κ1) is 21.5. The van der Waals surface area contributed by atoms with E-state index in [0.29, 0.717) is 5.56 Å². The molecular weight excluding hydrogens is 350 g/mol. The lowest BCUT2D eigenvalue weighted by atomic mass is 9.95. The number of nitrogens with one attached hydrogen (secondary N) is 3. The molecule has 8 heteroatoms. The predicted molar refractivity (Wildman–Crippen MR) is 101 cm³/mol. The Morgan fingerprint density at radius 2 is 1.07 bits per heavy atom. The van der Waals surface area contributed by atoms with Gasteiger partial charge in [-0.1, -0.05) is 19.7 Å². The molecule has 0 aromatic heterocycles. The number of amides is 3. The monoisotopic (exact) mass is 373 g/mol. The standard InChI is InChI=1S/C19H23N3O5/c1-5-15(23)20-8-12-11(4)18(26)13(9-21-16(24)6-2)14(19(12)27)10-22-17(25)7-3/h5-7,26-27H,1-3,8-10H2,4H3,(H,20,23)(H,21,24)(H,22,25). The van der Waals surface area contributed by atoms with Gasteiger partial charge >= 0.3 is 0 Å². The summed E-state index contributed by atoms with van der Waals surface area (Å²) < 4.78 is 0. The third-order valence-corrected chi connectivity index (χ3v) is 3.90. The first-order chi connectivity index (χ1) is 12.8. The molecule has 0 fully saturated rings. The molecule has 1 rings (SSSR count). The van der Waals surface area contributed by atoms with Gasteiger partial charge in [-0.2, -0.15) is 0 Å². The molecule has 0 heterocycles. The van der Waals surface area contributed by atoms with Crippen LogP contribution in [0.3, 0.4) is 0 Å². The Balaban J connectivity index is 3.37. The van der Waals surface area contributed by atoms with Gasteiger partial charge in [-0.15, -0.1) is 0 Å². The summed E-state index contributed by atoms with van der Waals surface area (Å²) in [6.07, 6.45) is 3.22. The van der Waals surface area contributed by atoms with Gasteiger partial charge in [0.1, 0.15) is 11.5 Å². The van der Waals surface area contributed by atoms with Crippen molar-refractivity contribution in [1.29, 1.82) is 0 Å². The molecule has 0 saturated heterocycles. The molecule has 8 nitrogen and oxygen atoms in total. The van der Waals surface area contributed by atoms with E-state index >= 15 is 0 Å². The van der Waals surface area contributed by atoms with Crippen LogP contribution >= 0.6 is 0 Å². The lowest BCUT2D eigenvalue weighted by Crippen LogP contribution is -2.26. The van der Waals surface area contributed by atoms with Crippen molar-refractivity contribution in [3.8, 4) is 11.5 Å². The molecule has 27 heavy (non-hydrogen) atoms. The highest BCUT2D eigenvalue weighted by Gasteiger charge is 2.22. The van der Waals surface area contributed by atoms with E-state index in [9.17, 15) is 24.6 Å². The maximum Gasteiger partial charge on any atom is 0.243 e. The second-order valence-electron chi connectivity index (χ2n) is 5.52. The molecule has 0 spiro atoms. The van der Waals surface area contributed by atoms with Crippen molar-refractivity contribution in [2.45, 2.75) is 26.6 Å². The van der Waals surface area contributed by atoms with Crippen LogP contribution in [0.4, 0.5) is 0 Å². The Morgan fingerprint density at radius 3 is 1.44 bits per heavy atom. The van der Waals surface area contributed by atoms with Gasteiger partial charge in [0.05, 0.1) is 0 Å². The topological polar surface area (TPSA) is 128 Å². The molecule has 0 aliphatic carbocycles. The van der Waals surface area contributed by atoms with Crippen LogP contribution in [0.1, 0.15) is 22.3 Å².